The number of likely N-dealkylation sites (tertiary alicyclic amines) is 1. The molecule has 2 aliphatic rings. The SMILES string of the molecule is C=CS(=O)(=O)NC[C@H]1CCCN1S(=O)(=O)c1ccc(C(Cc2ccccc2)C(=O)N2CCCCC2)cc1. The number of hydrogen-bond acceptors (Lipinski definition) is 5. The quantitative estimate of drug-likeness (QED) is 0.494. The fraction of sp³-hybridized carbons (Fsp3) is 0.444. The molecule has 2 heterocycles. The lowest BCUT2D eigenvalue weighted by Gasteiger charge is -2.31. The Morgan fingerprint density at radius 1 is 0.946 bits per heavy atom. The first-order valence-electron chi connectivity index (χ1n) is 12.8. The van der Waals surface area contributed by atoms with Crippen molar-refractivity contribution in [1.82, 2.24) is 13.9 Å². The van der Waals surface area contributed by atoms with E-state index in [9.17, 15) is 21.6 Å². The van der Waals surface area contributed by atoms with Gasteiger partial charge in [0.05, 0.1) is 10.8 Å². The molecule has 0 aromatic heterocycles. The molecule has 2 aromatic carbocycles. The van der Waals surface area contributed by atoms with Gasteiger partial charge in [-0.05, 0) is 61.8 Å². The molecule has 0 aliphatic carbocycles. The summed E-state index contributed by atoms with van der Waals surface area (Å²) in [5, 5.41) is 0.816. The smallest absolute Gasteiger partial charge is 0.243 e. The highest BCUT2D eigenvalue weighted by Crippen LogP contribution is 2.29. The highest BCUT2D eigenvalue weighted by atomic mass is 32.2. The number of piperidine rings is 1. The lowest BCUT2D eigenvalue weighted by molar-refractivity contribution is -0.133. The highest BCUT2D eigenvalue weighted by Gasteiger charge is 2.36. The Morgan fingerprint density at radius 3 is 2.27 bits per heavy atom. The summed E-state index contributed by atoms with van der Waals surface area (Å²) in [5.74, 6) is -0.321. The molecule has 4 rings (SSSR count). The molecule has 0 spiro atoms. The average Bonchev–Trinajstić information content (AvgIpc) is 3.41. The maximum absolute atomic E-state index is 13.6. The number of carbonyl (C=O) groups excluding carboxylic acids is 1. The molecule has 2 aromatic rings. The van der Waals surface area contributed by atoms with Crippen LogP contribution in [0.5, 0.6) is 0 Å². The molecule has 200 valence electrons. The lowest BCUT2D eigenvalue weighted by Crippen LogP contribution is -2.42. The van der Waals surface area contributed by atoms with Crippen molar-refractivity contribution in [2.75, 3.05) is 26.2 Å². The summed E-state index contributed by atoms with van der Waals surface area (Å²) in [6.45, 7) is 5.10. The van der Waals surface area contributed by atoms with Crippen molar-refractivity contribution >= 4 is 26.0 Å². The second kappa shape index (κ2) is 11.9. The van der Waals surface area contributed by atoms with Crippen molar-refractivity contribution in [2.45, 2.75) is 55.4 Å². The summed E-state index contributed by atoms with van der Waals surface area (Å²) in [6.07, 6.45) is 4.90. The minimum Gasteiger partial charge on any atom is -0.342 e. The second-order valence-corrected chi connectivity index (χ2v) is 13.3. The van der Waals surface area contributed by atoms with Crippen LogP contribution in [0.1, 0.15) is 49.1 Å². The topological polar surface area (TPSA) is 104 Å². The number of benzene rings is 2. The van der Waals surface area contributed by atoms with Crippen LogP contribution < -0.4 is 4.72 Å². The number of rotatable bonds is 10. The van der Waals surface area contributed by atoms with Crippen molar-refractivity contribution in [1.29, 1.82) is 0 Å². The minimum absolute atomic E-state index is 0.00481. The predicted molar refractivity (Wildman–Crippen MR) is 144 cm³/mol. The molecule has 8 nitrogen and oxygen atoms in total. The van der Waals surface area contributed by atoms with Crippen LogP contribution in [0.25, 0.3) is 0 Å². The molecule has 2 saturated heterocycles. The Labute approximate surface area is 220 Å². The Hall–Kier alpha value is -2.53. The fourth-order valence-corrected chi connectivity index (χ4v) is 7.38. The van der Waals surface area contributed by atoms with E-state index in [0.717, 1.165) is 48.9 Å². The third-order valence-corrected chi connectivity index (χ3v) is 10.2. The van der Waals surface area contributed by atoms with E-state index in [1.54, 1.807) is 24.3 Å². The first kappa shape index (κ1) is 27.5. The Morgan fingerprint density at radius 2 is 1.62 bits per heavy atom. The molecule has 2 fully saturated rings. The molecule has 2 atom stereocenters. The van der Waals surface area contributed by atoms with Gasteiger partial charge >= 0.3 is 0 Å². The molecule has 1 amide bonds. The molecule has 2 aliphatic heterocycles. The monoisotopic (exact) mass is 545 g/mol. The van der Waals surface area contributed by atoms with Gasteiger partial charge in [-0.1, -0.05) is 49.0 Å². The normalized spacial score (nSPS) is 20.0. The number of hydrogen-bond donors (Lipinski definition) is 1. The van der Waals surface area contributed by atoms with Gasteiger partial charge in [-0.25, -0.2) is 21.6 Å². The van der Waals surface area contributed by atoms with Crippen molar-refractivity contribution in [3.8, 4) is 0 Å². The predicted octanol–water partition coefficient (Wildman–Crippen LogP) is 3.24. The van der Waals surface area contributed by atoms with Gasteiger partial charge in [0, 0.05) is 37.6 Å². The zero-order valence-corrected chi connectivity index (χ0v) is 22.6. The van der Waals surface area contributed by atoms with E-state index in [0.29, 0.717) is 25.8 Å². The number of nitrogens with one attached hydrogen (secondary N) is 1. The van der Waals surface area contributed by atoms with Crippen LogP contribution in [0.15, 0.2) is 71.5 Å². The maximum atomic E-state index is 13.6. The van der Waals surface area contributed by atoms with Crippen LogP contribution in [0.2, 0.25) is 0 Å². The second-order valence-electron chi connectivity index (χ2n) is 9.67. The minimum atomic E-state index is -3.83. The van der Waals surface area contributed by atoms with Gasteiger partial charge in [-0.2, -0.15) is 4.31 Å². The van der Waals surface area contributed by atoms with Crippen LogP contribution in [0.4, 0.5) is 0 Å². The van der Waals surface area contributed by atoms with Gasteiger partial charge in [0.25, 0.3) is 0 Å². The van der Waals surface area contributed by atoms with E-state index >= 15 is 0 Å². The number of amides is 1. The largest absolute Gasteiger partial charge is 0.342 e. The highest BCUT2D eigenvalue weighted by molar-refractivity contribution is 7.92. The van der Waals surface area contributed by atoms with Crippen LogP contribution >= 0.6 is 0 Å². The maximum Gasteiger partial charge on any atom is 0.243 e. The molecule has 37 heavy (non-hydrogen) atoms. The molecule has 1 N–H and O–H groups in total. The zero-order valence-electron chi connectivity index (χ0n) is 21.0. The Kier molecular flexibility index (Phi) is 8.84. The lowest BCUT2D eigenvalue weighted by atomic mass is 9.90. The average molecular weight is 546 g/mol. The van der Waals surface area contributed by atoms with Gasteiger partial charge < -0.3 is 4.90 Å². The summed E-state index contributed by atoms with van der Waals surface area (Å²) in [6, 6.07) is 16.0. The first-order valence-corrected chi connectivity index (χ1v) is 15.8. The third kappa shape index (κ3) is 6.67. The van der Waals surface area contributed by atoms with E-state index in [2.05, 4.69) is 11.3 Å². The molecule has 0 bridgehead atoms. The molecular weight excluding hydrogens is 510 g/mol. The summed E-state index contributed by atoms with van der Waals surface area (Å²) >= 11 is 0. The van der Waals surface area contributed by atoms with E-state index in [1.165, 1.54) is 4.31 Å². The van der Waals surface area contributed by atoms with Gasteiger partial charge in [-0.15, -0.1) is 0 Å². The molecule has 0 saturated carbocycles. The Balaban J connectivity index is 1.55. The summed E-state index contributed by atoms with van der Waals surface area (Å²) in [7, 11) is -7.47. The van der Waals surface area contributed by atoms with Crippen molar-refractivity contribution in [2.24, 2.45) is 0 Å². The van der Waals surface area contributed by atoms with Crippen LogP contribution in [-0.2, 0) is 31.3 Å². The van der Waals surface area contributed by atoms with Gasteiger partial charge in [-0.3, -0.25) is 4.79 Å². The number of carbonyl (C=O) groups is 1. The third-order valence-electron chi connectivity index (χ3n) is 7.20. The molecule has 1 unspecified atom stereocenters. The van der Waals surface area contributed by atoms with Crippen LogP contribution in [-0.4, -0.2) is 64.2 Å². The zero-order chi connectivity index (χ0) is 26.5. The van der Waals surface area contributed by atoms with Crippen LogP contribution in [0, 0.1) is 0 Å². The molecule has 10 heteroatoms. The van der Waals surface area contributed by atoms with Crippen molar-refractivity contribution < 1.29 is 21.6 Å². The first-order chi connectivity index (χ1) is 17.7. The van der Waals surface area contributed by atoms with Gasteiger partial charge in [0.1, 0.15) is 0 Å². The number of sulfonamides is 2. The Bertz CT molecular complexity index is 1290. The van der Waals surface area contributed by atoms with Crippen molar-refractivity contribution in [3.63, 3.8) is 0 Å². The van der Waals surface area contributed by atoms with E-state index in [-0.39, 0.29) is 17.3 Å². The summed E-state index contributed by atoms with van der Waals surface area (Å²) < 4.78 is 54.2. The van der Waals surface area contributed by atoms with E-state index in [1.807, 2.05) is 35.2 Å². The number of nitrogens with zero attached hydrogens (tertiary/aromatic N) is 2. The summed E-state index contributed by atoms with van der Waals surface area (Å²) in [5.41, 5.74) is 1.84. The standard InChI is InChI=1S/C27H35N3O5S2/c1-2-36(32,33)28-21-24-12-9-19-30(24)37(34,35)25-15-13-23(14-16-25)26(20-22-10-5-3-6-11-22)27(31)29-17-7-4-8-18-29/h2-3,5-6,10-11,13-16,24,26,28H,1,4,7-9,12,17-21H2/t24-,26?/m1/s1. The summed E-state index contributed by atoms with van der Waals surface area (Å²) in [4.78, 5) is 15.6. The van der Waals surface area contributed by atoms with E-state index in [4.69, 9.17) is 0 Å². The van der Waals surface area contributed by atoms with Gasteiger partial charge in [0.2, 0.25) is 26.0 Å². The van der Waals surface area contributed by atoms with Crippen LogP contribution in [0.3, 0.4) is 0 Å². The van der Waals surface area contributed by atoms with Crippen molar-refractivity contribution in [3.05, 3.63) is 77.7 Å². The van der Waals surface area contributed by atoms with Gasteiger partial charge in [0.15, 0.2) is 0 Å². The molecular formula is C27H35N3O5S2. The fourth-order valence-electron chi connectivity index (χ4n) is 5.14. The molecule has 0 radical (unpaired) electrons. The van der Waals surface area contributed by atoms with E-state index < -0.39 is 32.0 Å².